The highest BCUT2D eigenvalue weighted by molar-refractivity contribution is 5.47. The van der Waals surface area contributed by atoms with E-state index in [2.05, 4.69) is 12.1 Å². The van der Waals surface area contributed by atoms with E-state index < -0.39 is 6.10 Å². The molecule has 0 saturated heterocycles. The highest BCUT2D eigenvalue weighted by Crippen LogP contribution is 2.36. The maximum Gasteiger partial charge on any atom is 0.166 e. The van der Waals surface area contributed by atoms with Crippen molar-refractivity contribution >= 4 is 0 Å². The van der Waals surface area contributed by atoms with Crippen LogP contribution in [0.5, 0.6) is 11.5 Å². The van der Waals surface area contributed by atoms with Crippen LogP contribution in [0.25, 0.3) is 0 Å². The Morgan fingerprint density at radius 1 is 0.952 bits per heavy atom. The molecule has 0 aliphatic rings. The van der Waals surface area contributed by atoms with Crippen molar-refractivity contribution in [3.05, 3.63) is 59.7 Å². The Bertz CT molecular complexity index is 552. The molecule has 2 rings (SSSR count). The molecule has 1 N–H and O–H groups in total. The molecule has 2 aromatic carbocycles. The molecular weight excluding hydrogens is 264 g/mol. The monoisotopic (exact) mass is 286 g/mol. The third-order valence-electron chi connectivity index (χ3n) is 3.58. The first-order chi connectivity index (χ1) is 10.3. The fraction of sp³-hybridized carbons (Fsp3) is 0.333. The van der Waals surface area contributed by atoms with Crippen LogP contribution >= 0.6 is 0 Å². The zero-order valence-corrected chi connectivity index (χ0v) is 12.6. The first kappa shape index (κ1) is 15.4. The van der Waals surface area contributed by atoms with Gasteiger partial charge in [-0.2, -0.15) is 0 Å². The third kappa shape index (κ3) is 3.99. The molecule has 0 bridgehead atoms. The molecule has 0 fully saturated rings. The summed E-state index contributed by atoms with van der Waals surface area (Å²) in [6, 6.07) is 15.9. The molecule has 0 aliphatic carbocycles. The lowest BCUT2D eigenvalue weighted by atomic mass is 10.0. The molecule has 112 valence electrons. The van der Waals surface area contributed by atoms with Crippen molar-refractivity contribution in [1.82, 2.24) is 0 Å². The Labute approximate surface area is 126 Å². The smallest absolute Gasteiger partial charge is 0.166 e. The Balaban J connectivity index is 1.98. The van der Waals surface area contributed by atoms with E-state index in [4.69, 9.17) is 9.47 Å². The topological polar surface area (TPSA) is 38.7 Å². The van der Waals surface area contributed by atoms with Crippen LogP contribution in [0.3, 0.4) is 0 Å². The average Bonchev–Trinajstić information content (AvgIpc) is 2.54. The molecule has 3 nitrogen and oxygen atoms in total. The van der Waals surface area contributed by atoms with Crippen molar-refractivity contribution in [2.75, 3.05) is 14.2 Å². The minimum atomic E-state index is -0.543. The molecule has 0 heterocycles. The van der Waals surface area contributed by atoms with E-state index >= 15 is 0 Å². The van der Waals surface area contributed by atoms with Gasteiger partial charge in [-0.1, -0.05) is 42.5 Å². The van der Waals surface area contributed by atoms with Gasteiger partial charge in [-0.15, -0.1) is 0 Å². The molecule has 1 atom stereocenters. The summed E-state index contributed by atoms with van der Waals surface area (Å²) in [5.41, 5.74) is 2.08. The summed E-state index contributed by atoms with van der Waals surface area (Å²) >= 11 is 0. The van der Waals surface area contributed by atoms with E-state index in [1.807, 2.05) is 36.4 Å². The number of aryl methyl sites for hydroxylation is 1. The molecule has 0 aliphatic heterocycles. The predicted octanol–water partition coefficient (Wildman–Crippen LogP) is 3.76. The molecule has 21 heavy (non-hydrogen) atoms. The Kier molecular flexibility index (Phi) is 5.64. The number of hydrogen-bond donors (Lipinski definition) is 1. The molecule has 0 spiro atoms. The minimum absolute atomic E-state index is 0.543. The number of ether oxygens (including phenoxy) is 2. The zero-order valence-electron chi connectivity index (χ0n) is 12.6. The third-order valence-corrected chi connectivity index (χ3v) is 3.58. The van der Waals surface area contributed by atoms with E-state index in [9.17, 15) is 5.11 Å². The van der Waals surface area contributed by atoms with E-state index in [0.29, 0.717) is 17.9 Å². The number of aliphatic hydroxyl groups excluding tert-OH is 1. The summed E-state index contributed by atoms with van der Waals surface area (Å²) in [4.78, 5) is 0. The van der Waals surface area contributed by atoms with Crippen LogP contribution in [0.1, 0.15) is 30.1 Å². The van der Waals surface area contributed by atoms with Gasteiger partial charge in [0.15, 0.2) is 11.5 Å². The van der Waals surface area contributed by atoms with Gasteiger partial charge < -0.3 is 14.6 Å². The minimum Gasteiger partial charge on any atom is -0.493 e. The second-order valence-corrected chi connectivity index (χ2v) is 4.98. The summed E-state index contributed by atoms with van der Waals surface area (Å²) in [6.07, 6.45) is 2.03. The van der Waals surface area contributed by atoms with Crippen LogP contribution in [0.15, 0.2) is 48.5 Å². The van der Waals surface area contributed by atoms with Gasteiger partial charge in [-0.3, -0.25) is 0 Å². The number of methoxy groups -OCH3 is 2. The predicted molar refractivity (Wildman–Crippen MR) is 83.9 cm³/mol. The SMILES string of the molecule is COc1cccc(C(O)CCCc2ccccc2)c1OC. The Morgan fingerprint density at radius 3 is 2.38 bits per heavy atom. The lowest BCUT2D eigenvalue weighted by Gasteiger charge is -2.17. The highest BCUT2D eigenvalue weighted by atomic mass is 16.5. The molecule has 2 aromatic rings. The zero-order chi connectivity index (χ0) is 15.1. The number of para-hydroxylation sites is 1. The van der Waals surface area contributed by atoms with Crippen molar-refractivity contribution in [3.8, 4) is 11.5 Å². The van der Waals surface area contributed by atoms with Crippen molar-refractivity contribution in [2.24, 2.45) is 0 Å². The fourth-order valence-corrected chi connectivity index (χ4v) is 2.47. The van der Waals surface area contributed by atoms with Gasteiger partial charge in [0.25, 0.3) is 0 Å². The van der Waals surface area contributed by atoms with Gasteiger partial charge in [-0.25, -0.2) is 0 Å². The second-order valence-electron chi connectivity index (χ2n) is 4.98. The van der Waals surface area contributed by atoms with Gasteiger partial charge in [-0.05, 0) is 30.9 Å². The number of hydrogen-bond acceptors (Lipinski definition) is 3. The van der Waals surface area contributed by atoms with Gasteiger partial charge in [0, 0.05) is 5.56 Å². The first-order valence-electron chi connectivity index (χ1n) is 7.19. The van der Waals surface area contributed by atoms with Crippen molar-refractivity contribution in [2.45, 2.75) is 25.4 Å². The lowest BCUT2D eigenvalue weighted by molar-refractivity contribution is 0.159. The van der Waals surface area contributed by atoms with Gasteiger partial charge in [0.05, 0.1) is 20.3 Å². The van der Waals surface area contributed by atoms with Gasteiger partial charge in [0.1, 0.15) is 0 Å². The summed E-state index contributed by atoms with van der Waals surface area (Å²) in [5.74, 6) is 1.27. The quantitative estimate of drug-likeness (QED) is 0.842. The molecule has 0 saturated carbocycles. The van der Waals surface area contributed by atoms with Crippen LogP contribution < -0.4 is 9.47 Å². The summed E-state index contributed by atoms with van der Waals surface area (Å²) in [5, 5.41) is 10.4. The van der Waals surface area contributed by atoms with Crippen LogP contribution in [-0.2, 0) is 6.42 Å². The lowest BCUT2D eigenvalue weighted by Crippen LogP contribution is -2.03. The van der Waals surface area contributed by atoms with E-state index in [-0.39, 0.29) is 0 Å². The molecule has 1 unspecified atom stereocenters. The van der Waals surface area contributed by atoms with E-state index in [1.54, 1.807) is 14.2 Å². The first-order valence-corrected chi connectivity index (χ1v) is 7.19. The Hall–Kier alpha value is -2.00. The normalized spacial score (nSPS) is 12.0. The van der Waals surface area contributed by atoms with Gasteiger partial charge >= 0.3 is 0 Å². The molecule has 0 amide bonds. The molecular formula is C18H22O3. The Morgan fingerprint density at radius 2 is 1.71 bits per heavy atom. The van der Waals surface area contributed by atoms with Crippen LogP contribution in [0.2, 0.25) is 0 Å². The van der Waals surface area contributed by atoms with E-state index in [0.717, 1.165) is 18.4 Å². The highest BCUT2D eigenvalue weighted by Gasteiger charge is 2.16. The van der Waals surface area contributed by atoms with Crippen molar-refractivity contribution in [3.63, 3.8) is 0 Å². The van der Waals surface area contributed by atoms with Crippen LogP contribution in [-0.4, -0.2) is 19.3 Å². The maximum absolute atomic E-state index is 10.4. The van der Waals surface area contributed by atoms with Gasteiger partial charge in [0.2, 0.25) is 0 Å². The second kappa shape index (κ2) is 7.70. The molecule has 0 radical (unpaired) electrons. The fourth-order valence-electron chi connectivity index (χ4n) is 2.47. The molecule has 0 aromatic heterocycles. The molecule has 3 heteroatoms. The van der Waals surface area contributed by atoms with Crippen LogP contribution in [0, 0.1) is 0 Å². The summed E-state index contributed by atoms with van der Waals surface area (Å²) < 4.78 is 10.6. The number of rotatable bonds is 7. The van der Waals surface area contributed by atoms with Crippen molar-refractivity contribution in [1.29, 1.82) is 0 Å². The number of benzene rings is 2. The maximum atomic E-state index is 10.4. The number of aliphatic hydroxyl groups is 1. The largest absolute Gasteiger partial charge is 0.493 e. The van der Waals surface area contributed by atoms with Crippen LogP contribution in [0.4, 0.5) is 0 Å². The standard InChI is InChI=1S/C18H22O3/c1-20-17-13-7-11-15(18(17)21-2)16(19)12-6-10-14-8-4-3-5-9-14/h3-5,7-9,11,13,16,19H,6,10,12H2,1-2H3. The van der Waals surface area contributed by atoms with Crippen molar-refractivity contribution < 1.29 is 14.6 Å². The average molecular weight is 286 g/mol. The summed E-state index contributed by atoms with van der Waals surface area (Å²) in [6.45, 7) is 0. The summed E-state index contributed by atoms with van der Waals surface area (Å²) in [7, 11) is 3.20. The van der Waals surface area contributed by atoms with E-state index in [1.165, 1.54) is 5.56 Å².